The second-order valence-electron chi connectivity index (χ2n) is 13.4. The minimum atomic E-state index is -4.53. The van der Waals surface area contributed by atoms with Gasteiger partial charge < -0.3 is 14.5 Å². The van der Waals surface area contributed by atoms with Gasteiger partial charge >= 0.3 is 0 Å². The molecule has 0 fully saturated rings. The van der Waals surface area contributed by atoms with Crippen LogP contribution in [0.4, 0.5) is 33.0 Å². The Hall–Kier alpha value is -3.47. The maximum atomic E-state index is 12.3. The van der Waals surface area contributed by atoms with E-state index in [4.69, 9.17) is 4.74 Å². The average molecular weight is 1070 g/mol. The topological polar surface area (TPSA) is 200 Å². The van der Waals surface area contributed by atoms with E-state index in [0.29, 0.717) is 53.4 Å². The summed E-state index contributed by atoms with van der Waals surface area (Å²) >= 11 is 9.54. The normalized spacial score (nSPS) is 14.0. The van der Waals surface area contributed by atoms with Gasteiger partial charge in [-0.05, 0) is 106 Å². The van der Waals surface area contributed by atoms with E-state index in [1.165, 1.54) is 34.8 Å². The Morgan fingerprint density at radius 1 is 0.767 bits per heavy atom. The maximum absolute atomic E-state index is 12.3. The van der Waals surface area contributed by atoms with E-state index in [9.17, 15) is 25.9 Å². The van der Waals surface area contributed by atoms with Gasteiger partial charge in [0.2, 0.25) is 10.3 Å². The summed E-state index contributed by atoms with van der Waals surface area (Å²) in [6, 6.07) is 16.0. The molecule has 320 valence electrons. The Morgan fingerprint density at radius 2 is 1.33 bits per heavy atom. The number of hydrogen-bond acceptors (Lipinski definition) is 15. The van der Waals surface area contributed by atoms with Crippen LogP contribution < -0.4 is 14.5 Å². The smallest absolute Gasteiger partial charge is 0.297 e. The van der Waals surface area contributed by atoms with E-state index in [0.717, 1.165) is 73.0 Å². The number of rotatable bonds is 11. The summed E-state index contributed by atoms with van der Waals surface area (Å²) < 4.78 is 77.8. The molecule has 0 unspecified atom stereocenters. The molecular weight excluding hydrogens is 1030 g/mol. The molecule has 22 heteroatoms. The first-order valence-electron chi connectivity index (χ1n) is 18.6. The van der Waals surface area contributed by atoms with Crippen molar-refractivity contribution in [3.05, 3.63) is 74.7 Å². The van der Waals surface area contributed by atoms with Crippen molar-refractivity contribution in [1.29, 1.82) is 0 Å². The Kier molecular flexibility index (Phi) is 14.8. The van der Waals surface area contributed by atoms with Gasteiger partial charge in [-0.2, -0.15) is 16.8 Å². The molecule has 2 aliphatic rings. The van der Waals surface area contributed by atoms with Crippen LogP contribution >= 0.6 is 54.5 Å². The van der Waals surface area contributed by atoms with Gasteiger partial charge in [-0.3, -0.25) is 9.11 Å². The number of thiazole rings is 2. The van der Waals surface area contributed by atoms with Crippen LogP contribution in [0.15, 0.2) is 93.8 Å². The molecule has 0 saturated carbocycles. The molecule has 4 heterocycles. The monoisotopic (exact) mass is 1060 g/mol. The Morgan fingerprint density at radius 3 is 1.87 bits per heavy atom. The first-order chi connectivity index (χ1) is 28.2. The number of aromatic nitrogens is 2. The molecule has 0 aliphatic carbocycles. The number of azo groups is 2. The third-order valence-corrected chi connectivity index (χ3v) is 14.2. The van der Waals surface area contributed by atoms with Crippen molar-refractivity contribution in [2.75, 3.05) is 42.6 Å². The molecular formula is C38H38Br2N8NiO7S4. The van der Waals surface area contributed by atoms with Gasteiger partial charge in [0, 0.05) is 63.4 Å². The van der Waals surface area contributed by atoms with Crippen molar-refractivity contribution in [3.8, 4) is 5.75 Å². The van der Waals surface area contributed by atoms with Gasteiger partial charge in [-0.1, -0.05) is 54.5 Å². The van der Waals surface area contributed by atoms with Crippen LogP contribution in [0.5, 0.6) is 5.75 Å². The molecule has 0 bridgehead atoms. The van der Waals surface area contributed by atoms with Gasteiger partial charge in [0.1, 0.15) is 26.9 Å². The fourth-order valence-electron chi connectivity index (χ4n) is 7.13. The summed E-state index contributed by atoms with van der Waals surface area (Å²) in [5.74, 6) is 0.468. The fourth-order valence-corrected chi connectivity index (χ4v) is 11.3. The van der Waals surface area contributed by atoms with E-state index < -0.39 is 20.2 Å². The van der Waals surface area contributed by atoms with Crippen LogP contribution in [-0.2, 0) is 49.6 Å². The fraction of sp³-hybridized carbons (Fsp3) is 0.316. The van der Waals surface area contributed by atoms with Crippen LogP contribution in [-0.4, -0.2) is 68.7 Å². The van der Waals surface area contributed by atoms with Crippen molar-refractivity contribution in [2.24, 2.45) is 20.5 Å². The number of halogens is 2. The first-order valence-corrected chi connectivity index (χ1v) is 24.7. The van der Waals surface area contributed by atoms with E-state index in [1.807, 2.05) is 62.1 Å². The zero-order valence-electron chi connectivity index (χ0n) is 32.3. The number of hydrogen-bond donors (Lipinski definition) is 2. The quantitative estimate of drug-likeness (QED) is 0.0711. The summed E-state index contributed by atoms with van der Waals surface area (Å²) in [6.45, 7) is 9.23. The minimum absolute atomic E-state index is 0. The number of aryl methyl sites for hydroxylation is 1. The molecule has 15 nitrogen and oxygen atoms in total. The molecule has 2 aliphatic heterocycles. The largest absolute Gasteiger partial charge is 0.492 e. The Labute approximate surface area is 382 Å². The van der Waals surface area contributed by atoms with Crippen LogP contribution in [0, 0.1) is 0 Å². The van der Waals surface area contributed by atoms with Crippen molar-refractivity contribution < 1.29 is 47.2 Å². The average Bonchev–Trinajstić information content (AvgIpc) is 3.79. The summed E-state index contributed by atoms with van der Waals surface area (Å²) in [7, 11) is -8.97. The molecule has 0 amide bonds. The number of ether oxygens (including phenoxy) is 1. The molecule has 0 saturated heterocycles. The van der Waals surface area contributed by atoms with Crippen LogP contribution in [0.3, 0.4) is 0 Å². The van der Waals surface area contributed by atoms with Gasteiger partial charge in [0.15, 0.2) is 0 Å². The molecule has 0 radical (unpaired) electrons. The van der Waals surface area contributed by atoms with Crippen molar-refractivity contribution >= 4 is 128 Å². The third kappa shape index (κ3) is 10.2. The number of nitrogens with zero attached hydrogens (tertiary/aromatic N) is 8. The molecule has 60 heavy (non-hydrogen) atoms. The van der Waals surface area contributed by atoms with E-state index in [-0.39, 0.29) is 37.7 Å². The van der Waals surface area contributed by atoms with Crippen molar-refractivity contribution in [1.82, 2.24) is 9.97 Å². The summed E-state index contributed by atoms with van der Waals surface area (Å²) in [4.78, 5) is 12.5. The Bertz CT molecular complexity index is 2850. The standard InChI is InChI=1S/C19H21BrN4O4S2.C19H17BrN4O3S2.Ni/c1-4-24(5-2)15-11-18(30(25,26)27)14(10-16(15)28-6-3)22-23-19-21-13-8-7-12(20)9-17(13)29-19;20-12-5-6-14-16(10-12)28-19(21-14)23-22-15-9-11-3-1-7-24-8-2-4-13(17(11)24)18(15)29(25,26)27;/h7-11H,4-6H2,1-3H3,(H,25,26,27);5-6,9-10H,1-4,7-8H2,(H,25,26,27);. The van der Waals surface area contributed by atoms with Crippen molar-refractivity contribution in [2.45, 2.75) is 56.2 Å². The number of anilines is 2. The summed E-state index contributed by atoms with van der Waals surface area (Å²) in [6.07, 6.45) is 3.33. The summed E-state index contributed by atoms with van der Waals surface area (Å²) in [5, 5.41) is 17.4. The zero-order chi connectivity index (χ0) is 42.1. The number of benzene rings is 4. The molecule has 8 rings (SSSR count). The van der Waals surface area contributed by atoms with E-state index in [1.54, 1.807) is 6.07 Å². The third-order valence-electron chi connectivity index (χ3n) is 9.60. The number of fused-ring (bicyclic) bond motifs is 2. The van der Waals surface area contributed by atoms with Crippen LogP contribution in [0.2, 0.25) is 0 Å². The first kappa shape index (κ1) is 46.0. The van der Waals surface area contributed by atoms with Gasteiger partial charge in [-0.25, -0.2) is 9.97 Å². The van der Waals surface area contributed by atoms with Crippen molar-refractivity contribution in [3.63, 3.8) is 0 Å². The zero-order valence-corrected chi connectivity index (χ0v) is 39.7. The second-order valence-corrected chi connectivity index (χ2v) is 20.0. The Balaban J connectivity index is 0.000000198. The predicted octanol–water partition coefficient (Wildman–Crippen LogP) is 11.4. The van der Waals surface area contributed by atoms with Crippen LogP contribution in [0.1, 0.15) is 44.7 Å². The van der Waals surface area contributed by atoms with Gasteiger partial charge in [0.25, 0.3) is 20.2 Å². The molecule has 6 aromatic rings. The van der Waals surface area contributed by atoms with Crippen LogP contribution in [0.25, 0.3) is 20.4 Å². The van der Waals surface area contributed by atoms with Gasteiger partial charge in [0.05, 0.1) is 32.7 Å². The maximum Gasteiger partial charge on any atom is 0.297 e. The molecule has 0 atom stereocenters. The second kappa shape index (κ2) is 19.3. The predicted molar refractivity (Wildman–Crippen MR) is 239 cm³/mol. The van der Waals surface area contributed by atoms with Gasteiger partial charge in [-0.15, -0.1) is 20.5 Å². The molecule has 4 aromatic carbocycles. The molecule has 2 N–H and O–H groups in total. The molecule has 0 spiro atoms. The van der Waals surface area contributed by atoms with E-state index in [2.05, 4.69) is 67.2 Å². The molecule has 2 aromatic heterocycles. The van der Waals surface area contributed by atoms with E-state index >= 15 is 0 Å². The minimum Gasteiger partial charge on any atom is -0.492 e. The SMILES string of the molecule is CCOc1cc(N=Nc2nc3ccc(Br)cc3s2)c(S(=O)(=O)O)cc1N(CC)CC.O=S(=O)(O)c1c(N=Nc2nc3ccc(Br)cc3s2)cc2c3c1CCCN3CCC2.[Ni]. The summed E-state index contributed by atoms with van der Waals surface area (Å²) in [5.41, 5.74) is 5.00.